The number of carbonyl (C=O) groups is 2. The molecule has 0 radical (unpaired) electrons. The lowest BCUT2D eigenvalue weighted by Gasteiger charge is -2.33. The third-order valence-electron chi connectivity index (χ3n) is 7.63. The first-order valence-electron chi connectivity index (χ1n) is 12.8. The molecule has 37 heavy (non-hydrogen) atoms. The van der Waals surface area contributed by atoms with Crippen LogP contribution in [0.1, 0.15) is 47.3 Å². The zero-order chi connectivity index (χ0) is 26.2. The van der Waals surface area contributed by atoms with Gasteiger partial charge in [-0.15, -0.1) is 0 Å². The van der Waals surface area contributed by atoms with Gasteiger partial charge in [-0.25, -0.2) is 17.9 Å². The lowest BCUT2D eigenvalue weighted by Crippen LogP contribution is -2.48. The summed E-state index contributed by atoms with van der Waals surface area (Å²) in [4.78, 5) is 31.5. The zero-order valence-electron chi connectivity index (χ0n) is 21.0. The highest BCUT2D eigenvalue weighted by atomic mass is 32.2. The van der Waals surface area contributed by atoms with Crippen LogP contribution in [-0.2, 0) is 34.1 Å². The van der Waals surface area contributed by atoms with E-state index in [1.165, 1.54) is 34.8 Å². The van der Waals surface area contributed by atoms with Crippen LogP contribution in [0.3, 0.4) is 0 Å². The highest BCUT2D eigenvalue weighted by Crippen LogP contribution is 2.37. The smallest absolute Gasteiger partial charge is 0.407 e. The Morgan fingerprint density at radius 2 is 1.92 bits per heavy atom. The van der Waals surface area contributed by atoms with Crippen molar-refractivity contribution in [2.75, 3.05) is 45.1 Å². The summed E-state index contributed by atoms with van der Waals surface area (Å²) in [5.41, 5.74) is 6.36. The van der Waals surface area contributed by atoms with Crippen molar-refractivity contribution in [1.29, 1.82) is 0 Å². The Labute approximate surface area is 216 Å². The number of carbonyl (C=O) groups excluding carboxylic acids is 1. The van der Waals surface area contributed by atoms with E-state index in [1.54, 1.807) is 12.1 Å². The molecule has 0 unspecified atom stereocenters. The molecule has 4 N–H and O–H groups in total. The first-order chi connectivity index (χ1) is 17.8. The molecule has 10 nitrogen and oxygen atoms in total. The summed E-state index contributed by atoms with van der Waals surface area (Å²) in [5.74, 6) is -0.246. The number of aromatic nitrogens is 1. The molecule has 0 spiro atoms. The highest BCUT2D eigenvalue weighted by molar-refractivity contribution is 7.89. The van der Waals surface area contributed by atoms with Crippen LogP contribution < -0.4 is 10.0 Å². The maximum absolute atomic E-state index is 12.9. The van der Waals surface area contributed by atoms with Crippen molar-refractivity contribution >= 4 is 39.4 Å². The largest absolute Gasteiger partial charge is 0.465 e. The van der Waals surface area contributed by atoms with E-state index in [1.807, 2.05) is 6.08 Å². The van der Waals surface area contributed by atoms with E-state index in [0.29, 0.717) is 29.9 Å². The first kappa shape index (κ1) is 25.5. The summed E-state index contributed by atoms with van der Waals surface area (Å²) >= 11 is 0. The quantitative estimate of drug-likeness (QED) is 0.409. The molecule has 1 fully saturated rings. The van der Waals surface area contributed by atoms with E-state index in [-0.39, 0.29) is 10.8 Å². The number of benzene rings is 1. The van der Waals surface area contributed by atoms with Gasteiger partial charge in [-0.1, -0.05) is 0 Å². The van der Waals surface area contributed by atoms with Gasteiger partial charge in [0.2, 0.25) is 10.0 Å². The standard InChI is InChI=1S/C26H33N5O5S/c1-27-37(35,36)17-8-9-23-20(15-17)21(25(32)29-23)16-24-19(18-5-2-3-7-22(18)28-24)6-4-10-30-11-13-31(14-12-30)26(33)34/h8-9,15-16,27-28H,2-7,10-14H2,1H3,(H,29,32)(H,33,34)/b21-16-. The Kier molecular flexibility index (Phi) is 7.11. The fourth-order valence-corrected chi connectivity index (χ4v) is 6.32. The number of H-pyrrole nitrogens is 1. The van der Waals surface area contributed by atoms with Crippen LogP contribution in [0.5, 0.6) is 0 Å². The van der Waals surface area contributed by atoms with Gasteiger partial charge in [0.05, 0.1) is 10.5 Å². The number of sulfonamides is 1. The van der Waals surface area contributed by atoms with Crippen LogP contribution in [0.25, 0.3) is 11.6 Å². The molecule has 3 heterocycles. The molecule has 2 aliphatic heterocycles. The summed E-state index contributed by atoms with van der Waals surface area (Å²) in [5, 5.41) is 12.0. The van der Waals surface area contributed by atoms with Gasteiger partial charge in [-0.2, -0.15) is 0 Å². The second-order valence-corrected chi connectivity index (χ2v) is 11.7. The van der Waals surface area contributed by atoms with Crippen molar-refractivity contribution in [2.24, 2.45) is 0 Å². The third kappa shape index (κ3) is 5.16. The molecule has 1 saturated heterocycles. The van der Waals surface area contributed by atoms with E-state index >= 15 is 0 Å². The number of carboxylic acid groups (broad SMARTS) is 1. The maximum Gasteiger partial charge on any atom is 0.407 e. The zero-order valence-corrected chi connectivity index (χ0v) is 21.8. The fourth-order valence-electron chi connectivity index (χ4n) is 5.57. The maximum atomic E-state index is 12.9. The number of nitrogens with one attached hydrogen (secondary N) is 3. The van der Waals surface area contributed by atoms with Gasteiger partial charge in [-0.3, -0.25) is 9.69 Å². The molecule has 1 aromatic carbocycles. The monoisotopic (exact) mass is 527 g/mol. The highest BCUT2D eigenvalue weighted by Gasteiger charge is 2.28. The van der Waals surface area contributed by atoms with Gasteiger partial charge in [0.1, 0.15) is 0 Å². The van der Waals surface area contributed by atoms with Gasteiger partial charge >= 0.3 is 6.09 Å². The molecule has 5 rings (SSSR count). The Bertz CT molecular complexity index is 1360. The molecule has 3 aliphatic rings. The second kappa shape index (κ2) is 10.3. The number of aryl methyl sites for hydroxylation is 1. The number of aromatic amines is 1. The number of anilines is 1. The molecule has 198 valence electrons. The molecule has 11 heteroatoms. The van der Waals surface area contributed by atoms with Crippen molar-refractivity contribution in [2.45, 2.75) is 43.4 Å². The van der Waals surface area contributed by atoms with Gasteiger partial charge in [0.25, 0.3) is 5.91 Å². The summed E-state index contributed by atoms with van der Waals surface area (Å²) in [6.07, 6.45) is 7.06. The molecular weight excluding hydrogens is 494 g/mol. The Balaban J connectivity index is 1.39. The average Bonchev–Trinajstić information content (AvgIpc) is 3.40. The van der Waals surface area contributed by atoms with Crippen molar-refractivity contribution in [3.8, 4) is 0 Å². The van der Waals surface area contributed by atoms with Crippen LogP contribution in [0.4, 0.5) is 10.5 Å². The molecule has 1 aliphatic carbocycles. The van der Waals surface area contributed by atoms with Crippen LogP contribution in [0.15, 0.2) is 23.1 Å². The molecule has 2 aromatic rings. The number of rotatable bonds is 7. The van der Waals surface area contributed by atoms with Gasteiger partial charge in [0.15, 0.2) is 0 Å². The lowest BCUT2D eigenvalue weighted by atomic mass is 9.92. The molecule has 1 aromatic heterocycles. The van der Waals surface area contributed by atoms with Gasteiger partial charge in [-0.05, 0) is 87.5 Å². The van der Waals surface area contributed by atoms with Crippen molar-refractivity contribution in [3.05, 3.63) is 46.3 Å². The Hall–Kier alpha value is -3.15. The van der Waals surface area contributed by atoms with E-state index < -0.39 is 16.1 Å². The summed E-state index contributed by atoms with van der Waals surface area (Å²) in [7, 11) is -2.27. The number of fused-ring (bicyclic) bond motifs is 2. The van der Waals surface area contributed by atoms with E-state index in [9.17, 15) is 23.1 Å². The average molecular weight is 528 g/mol. The minimum atomic E-state index is -3.64. The molecule has 0 saturated carbocycles. The predicted molar refractivity (Wildman–Crippen MR) is 141 cm³/mol. The van der Waals surface area contributed by atoms with Crippen LogP contribution in [0, 0.1) is 0 Å². The van der Waals surface area contributed by atoms with Gasteiger partial charge < -0.3 is 20.3 Å². The first-order valence-corrected chi connectivity index (χ1v) is 14.3. The second-order valence-electron chi connectivity index (χ2n) is 9.82. The number of piperazine rings is 1. The van der Waals surface area contributed by atoms with Crippen molar-refractivity contribution in [3.63, 3.8) is 0 Å². The van der Waals surface area contributed by atoms with Crippen LogP contribution in [0.2, 0.25) is 0 Å². The van der Waals surface area contributed by atoms with E-state index in [0.717, 1.165) is 63.9 Å². The number of nitrogens with zero attached hydrogens (tertiary/aromatic N) is 2. The minimum absolute atomic E-state index is 0.116. The van der Waals surface area contributed by atoms with E-state index in [4.69, 9.17) is 0 Å². The predicted octanol–water partition coefficient (Wildman–Crippen LogP) is 2.52. The van der Waals surface area contributed by atoms with Gasteiger partial charge in [0, 0.05) is 48.8 Å². The topological polar surface area (TPSA) is 135 Å². The normalized spacial score (nSPS) is 19.1. The minimum Gasteiger partial charge on any atom is -0.465 e. The summed E-state index contributed by atoms with van der Waals surface area (Å²) in [6.45, 7) is 3.43. The molecule has 0 bridgehead atoms. The number of amides is 2. The summed E-state index contributed by atoms with van der Waals surface area (Å²) in [6, 6.07) is 4.66. The number of hydrogen-bond donors (Lipinski definition) is 4. The summed E-state index contributed by atoms with van der Waals surface area (Å²) < 4.78 is 27.0. The van der Waals surface area contributed by atoms with Crippen molar-refractivity contribution < 1.29 is 23.1 Å². The van der Waals surface area contributed by atoms with Crippen LogP contribution in [-0.4, -0.2) is 80.1 Å². The Morgan fingerprint density at radius 3 is 2.65 bits per heavy atom. The van der Waals surface area contributed by atoms with Crippen molar-refractivity contribution in [1.82, 2.24) is 19.5 Å². The number of hydrogen-bond acceptors (Lipinski definition) is 5. The molecular formula is C26H33N5O5S. The van der Waals surface area contributed by atoms with E-state index in [2.05, 4.69) is 19.9 Å². The lowest BCUT2D eigenvalue weighted by molar-refractivity contribution is -0.110. The molecule has 2 amide bonds. The van der Waals surface area contributed by atoms with Crippen LogP contribution >= 0.6 is 0 Å². The third-order valence-corrected chi connectivity index (χ3v) is 9.04. The Morgan fingerprint density at radius 1 is 1.16 bits per heavy atom. The molecule has 0 atom stereocenters. The SMILES string of the molecule is CNS(=O)(=O)c1ccc2c(c1)/C(=C/c1[nH]c3c(c1CCCN1CCN(C(=O)O)CC1)CCCC3)C(=O)N2. The fraction of sp³-hybridized carbons (Fsp3) is 0.462.